The van der Waals surface area contributed by atoms with Crippen molar-refractivity contribution in [3.63, 3.8) is 0 Å². The summed E-state index contributed by atoms with van der Waals surface area (Å²) in [7, 11) is 0. The van der Waals surface area contributed by atoms with E-state index in [1.54, 1.807) is 0 Å². The second kappa shape index (κ2) is 6.31. The van der Waals surface area contributed by atoms with Gasteiger partial charge in [-0.05, 0) is 78.6 Å². The Hall–Kier alpha value is -3.94. The van der Waals surface area contributed by atoms with Crippen molar-refractivity contribution in [2.45, 2.75) is 12.2 Å². The summed E-state index contributed by atoms with van der Waals surface area (Å²) < 4.78 is 6.75. The summed E-state index contributed by atoms with van der Waals surface area (Å²) >= 11 is 0. The Labute approximate surface area is 192 Å². The van der Waals surface area contributed by atoms with E-state index in [0.29, 0.717) is 0 Å². The number of hydrogen-bond donors (Lipinski definition) is 0. The molecular formula is C32H20O. The SMILES string of the molecule is c1ccc2c(c1)C1=C(c3cc4ccccc4cc3-c3ccccc3-2)C2OC1c1ccccc12. The highest BCUT2D eigenvalue weighted by Crippen LogP contribution is 2.63. The van der Waals surface area contributed by atoms with Crippen LogP contribution in [-0.2, 0) is 4.74 Å². The van der Waals surface area contributed by atoms with E-state index < -0.39 is 0 Å². The first-order valence-electron chi connectivity index (χ1n) is 11.6. The Morgan fingerprint density at radius 3 is 1.45 bits per heavy atom. The molecule has 1 heteroatoms. The monoisotopic (exact) mass is 420 g/mol. The van der Waals surface area contributed by atoms with Crippen molar-refractivity contribution in [1.82, 2.24) is 0 Å². The minimum Gasteiger partial charge on any atom is -0.356 e. The fourth-order valence-electron chi connectivity index (χ4n) is 6.16. The second-order valence-corrected chi connectivity index (χ2v) is 9.19. The lowest BCUT2D eigenvalue weighted by Gasteiger charge is -2.27. The molecule has 33 heavy (non-hydrogen) atoms. The maximum atomic E-state index is 6.75. The number of fused-ring (bicyclic) bond motifs is 15. The Bertz CT molecular complexity index is 1650. The van der Waals surface area contributed by atoms with Gasteiger partial charge in [0.15, 0.2) is 0 Å². The summed E-state index contributed by atoms with van der Waals surface area (Å²) in [5.74, 6) is 0. The van der Waals surface area contributed by atoms with Crippen LogP contribution in [0.25, 0.3) is 44.2 Å². The largest absolute Gasteiger partial charge is 0.356 e. The fraction of sp³-hybridized carbons (Fsp3) is 0.0625. The van der Waals surface area contributed by atoms with E-state index in [1.165, 1.54) is 66.4 Å². The zero-order valence-electron chi connectivity index (χ0n) is 18.0. The van der Waals surface area contributed by atoms with E-state index >= 15 is 0 Å². The van der Waals surface area contributed by atoms with Gasteiger partial charge in [-0.15, -0.1) is 0 Å². The van der Waals surface area contributed by atoms with Crippen LogP contribution in [0.15, 0.2) is 109 Å². The van der Waals surface area contributed by atoms with Crippen LogP contribution in [0.2, 0.25) is 0 Å². The van der Waals surface area contributed by atoms with Crippen molar-refractivity contribution in [2.24, 2.45) is 0 Å². The quantitative estimate of drug-likeness (QED) is 0.245. The molecule has 8 rings (SSSR count). The minimum absolute atomic E-state index is 0.0214. The van der Waals surface area contributed by atoms with E-state index in [9.17, 15) is 0 Å². The predicted octanol–water partition coefficient (Wildman–Crippen LogP) is 8.22. The van der Waals surface area contributed by atoms with Gasteiger partial charge in [-0.3, -0.25) is 0 Å². The van der Waals surface area contributed by atoms with Crippen molar-refractivity contribution in [1.29, 1.82) is 0 Å². The number of benzene rings is 5. The molecule has 2 aliphatic heterocycles. The molecule has 0 spiro atoms. The first-order valence-corrected chi connectivity index (χ1v) is 11.6. The molecule has 1 nitrogen and oxygen atoms in total. The van der Waals surface area contributed by atoms with E-state index in [1.807, 2.05) is 0 Å². The average Bonchev–Trinajstić information content (AvgIpc) is 3.44. The highest BCUT2D eigenvalue weighted by Gasteiger charge is 2.47. The van der Waals surface area contributed by atoms with Gasteiger partial charge in [0.2, 0.25) is 0 Å². The normalized spacial score (nSPS) is 19.3. The minimum atomic E-state index is -0.0283. The summed E-state index contributed by atoms with van der Waals surface area (Å²) in [5, 5.41) is 2.54. The Balaban J connectivity index is 1.57. The molecule has 0 saturated carbocycles. The van der Waals surface area contributed by atoms with Crippen LogP contribution in [0.1, 0.15) is 34.5 Å². The third-order valence-electron chi connectivity index (χ3n) is 7.55. The Morgan fingerprint density at radius 1 is 0.394 bits per heavy atom. The topological polar surface area (TPSA) is 9.23 Å². The van der Waals surface area contributed by atoms with Gasteiger partial charge in [-0.1, -0.05) is 97.1 Å². The Kier molecular flexibility index (Phi) is 3.37. The second-order valence-electron chi connectivity index (χ2n) is 9.19. The lowest BCUT2D eigenvalue weighted by Crippen LogP contribution is -2.08. The van der Waals surface area contributed by atoms with Gasteiger partial charge in [-0.25, -0.2) is 0 Å². The summed E-state index contributed by atoms with van der Waals surface area (Å²) in [6.45, 7) is 0. The van der Waals surface area contributed by atoms with E-state index in [4.69, 9.17) is 4.74 Å². The van der Waals surface area contributed by atoms with Crippen LogP contribution < -0.4 is 0 Å². The van der Waals surface area contributed by atoms with Crippen molar-refractivity contribution in [3.8, 4) is 22.3 Å². The van der Waals surface area contributed by atoms with Crippen molar-refractivity contribution in [3.05, 3.63) is 131 Å². The van der Waals surface area contributed by atoms with Crippen LogP contribution in [0, 0.1) is 0 Å². The predicted molar refractivity (Wildman–Crippen MR) is 135 cm³/mol. The summed E-state index contributed by atoms with van der Waals surface area (Å²) in [4.78, 5) is 0. The number of hydrogen-bond acceptors (Lipinski definition) is 1. The zero-order valence-corrected chi connectivity index (χ0v) is 18.0. The van der Waals surface area contributed by atoms with E-state index in [0.717, 1.165) is 0 Å². The van der Waals surface area contributed by atoms with Gasteiger partial charge < -0.3 is 4.74 Å². The van der Waals surface area contributed by atoms with Crippen LogP contribution in [0.4, 0.5) is 0 Å². The third kappa shape index (κ3) is 2.25. The molecule has 1 aliphatic carbocycles. The number of ether oxygens (including phenoxy) is 1. The first-order chi connectivity index (χ1) is 16.4. The molecule has 0 amide bonds. The van der Waals surface area contributed by atoms with E-state index in [-0.39, 0.29) is 12.2 Å². The molecular weight excluding hydrogens is 400 g/mol. The molecule has 3 aliphatic rings. The van der Waals surface area contributed by atoms with Crippen molar-refractivity contribution >= 4 is 21.9 Å². The molecule has 5 aromatic rings. The molecule has 0 N–H and O–H groups in total. The molecule has 154 valence electrons. The maximum Gasteiger partial charge on any atom is 0.110 e. The van der Waals surface area contributed by atoms with Crippen LogP contribution in [-0.4, -0.2) is 0 Å². The molecule has 0 fully saturated rings. The van der Waals surface area contributed by atoms with Gasteiger partial charge in [-0.2, -0.15) is 0 Å². The number of rotatable bonds is 0. The fourth-order valence-corrected chi connectivity index (χ4v) is 6.16. The van der Waals surface area contributed by atoms with Gasteiger partial charge >= 0.3 is 0 Å². The van der Waals surface area contributed by atoms with Gasteiger partial charge in [0.1, 0.15) is 12.2 Å². The highest BCUT2D eigenvalue weighted by molar-refractivity contribution is 6.10. The van der Waals surface area contributed by atoms with Crippen LogP contribution in [0.3, 0.4) is 0 Å². The van der Waals surface area contributed by atoms with Crippen molar-refractivity contribution < 1.29 is 4.74 Å². The standard InChI is InChI=1S/C32H20O/c1-2-10-20-18-28-27(17-19(20)9-1)23-13-4-3-11-21(23)22-12-5-6-14-24(22)29-30(28)32-26-16-8-7-15-25(26)31(29)33-32/h1-18,31-32H. The smallest absolute Gasteiger partial charge is 0.110 e. The van der Waals surface area contributed by atoms with Crippen molar-refractivity contribution in [2.75, 3.05) is 0 Å². The third-order valence-corrected chi connectivity index (χ3v) is 7.55. The molecule has 2 bridgehead atoms. The average molecular weight is 421 g/mol. The van der Waals surface area contributed by atoms with E-state index in [2.05, 4.69) is 109 Å². The highest BCUT2D eigenvalue weighted by atomic mass is 16.5. The molecule has 0 saturated heterocycles. The lowest BCUT2D eigenvalue weighted by molar-refractivity contribution is 0.0955. The van der Waals surface area contributed by atoms with Gasteiger partial charge in [0.05, 0.1) is 0 Å². The summed E-state index contributed by atoms with van der Waals surface area (Å²) in [6, 6.07) is 39.9. The lowest BCUT2D eigenvalue weighted by atomic mass is 9.74. The van der Waals surface area contributed by atoms with Crippen LogP contribution >= 0.6 is 0 Å². The molecule has 2 heterocycles. The molecule has 2 unspecified atom stereocenters. The van der Waals surface area contributed by atoms with Crippen LogP contribution in [0.5, 0.6) is 0 Å². The van der Waals surface area contributed by atoms with Gasteiger partial charge in [0.25, 0.3) is 0 Å². The molecule has 0 radical (unpaired) electrons. The summed E-state index contributed by atoms with van der Waals surface area (Å²) in [6.07, 6.45) is -0.0497. The summed E-state index contributed by atoms with van der Waals surface area (Å²) in [5.41, 5.74) is 13.0. The van der Waals surface area contributed by atoms with Gasteiger partial charge in [0, 0.05) is 0 Å². The molecule has 2 atom stereocenters. The first kappa shape index (κ1) is 17.6. The Morgan fingerprint density at radius 2 is 0.818 bits per heavy atom. The molecule has 0 aromatic heterocycles. The zero-order chi connectivity index (χ0) is 21.5. The molecule has 5 aromatic carbocycles. The maximum absolute atomic E-state index is 6.75.